The highest BCUT2D eigenvalue weighted by Crippen LogP contribution is 2.34. The Morgan fingerprint density at radius 2 is 1.68 bits per heavy atom. The van der Waals surface area contributed by atoms with Crippen molar-refractivity contribution < 1.29 is 26.3 Å². The Labute approximate surface area is 219 Å². The quantitative estimate of drug-likeness (QED) is 0.447. The molecule has 7 nitrogen and oxygen atoms in total. The number of nitrogens with two attached hydrogens (primary N) is 1. The van der Waals surface area contributed by atoms with Gasteiger partial charge in [0.1, 0.15) is 5.82 Å². The number of nitrogens with one attached hydrogen (secondary N) is 1. The zero-order valence-electron chi connectivity index (χ0n) is 20.6. The van der Waals surface area contributed by atoms with Crippen LogP contribution in [0.1, 0.15) is 36.9 Å². The topological polar surface area (TPSA) is 107 Å². The van der Waals surface area contributed by atoms with Crippen molar-refractivity contribution in [3.05, 3.63) is 72.2 Å². The second-order valence-electron chi connectivity index (χ2n) is 10.0. The number of alkyl halides is 3. The largest absolute Gasteiger partial charge is 0.417 e. The van der Waals surface area contributed by atoms with E-state index in [0.29, 0.717) is 51.3 Å². The van der Waals surface area contributed by atoms with Crippen molar-refractivity contribution in [1.82, 2.24) is 9.97 Å². The van der Waals surface area contributed by atoms with Crippen LogP contribution in [-0.2, 0) is 26.2 Å². The van der Waals surface area contributed by atoms with E-state index in [1.165, 1.54) is 6.07 Å². The summed E-state index contributed by atoms with van der Waals surface area (Å²) < 4.78 is 70.2. The molecule has 3 aromatic rings. The van der Waals surface area contributed by atoms with Crippen LogP contribution in [0.2, 0.25) is 0 Å². The van der Waals surface area contributed by atoms with Crippen molar-refractivity contribution in [2.24, 2.45) is 5.73 Å². The molecule has 1 aliphatic heterocycles. The van der Waals surface area contributed by atoms with Gasteiger partial charge in [-0.25, -0.2) is 13.4 Å². The van der Waals surface area contributed by atoms with Crippen LogP contribution < -0.4 is 11.1 Å². The molecule has 38 heavy (non-hydrogen) atoms. The molecular formula is C27H29F3N4O3S. The van der Waals surface area contributed by atoms with Crippen molar-refractivity contribution in [2.75, 3.05) is 25.1 Å². The Kier molecular flexibility index (Phi) is 7.19. The van der Waals surface area contributed by atoms with Crippen LogP contribution in [-0.4, -0.2) is 49.4 Å². The first-order chi connectivity index (χ1) is 18.1. The van der Waals surface area contributed by atoms with Gasteiger partial charge in [-0.2, -0.15) is 13.2 Å². The van der Waals surface area contributed by atoms with Gasteiger partial charge in [-0.15, -0.1) is 0 Å². The molecule has 3 N–H and O–H groups in total. The summed E-state index contributed by atoms with van der Waals surface area (Å²) in [5.74, 6) is 0.349. The fourth-order valence-electron chi connectivity index (χ4n) is 5.02. The molecule has 0 bridgehead atoms. The van der Waals surface area contributed by atoms with Crippen LogP contribution in [0.4, 0.5) is 19.0 Å². The monoisotopic (exact) mass is 546 g/mol. The summed E-state index contributed by atoms with van der Waals surface area (Å²) in [5, 5.41) is 2.62. The Bertz CT molecular complexity index is 1360. The third-order valence-electron chi connectivity index (χ3n) is 7.52. The van der Waals surface area contributed by atoms with E-state index in [1.807, 2.05) is 24.3 Å². The molecule has 0 atom stereocenters. The van der Waals surface area contributed by atoms with Crippen molar-refractivity contribution in [3.63, 3.8) is 0 Å². The fraction of sp³-hybridized carbons (Fsp3) is 0.407. The third kappa shape index (κ3) is 5.27. The smallest absolute Gasteiger partial charge is 0.379 e. The Balaban J connectivity index is 1.22. The van der Waals surface area contributed by atoms with Crippen LogP contribution in [0.3, 0.4) is 0 Å². The minimum absolute atomic E-state index is 0.0492. The molecule has 1 aromatic carbocycles. The number of pyridine rings is 2. The predicted molar refractivity (Wildman–Crippen MR) is 137 cm³/mol. The summed E-state index contributed by atoms with van der Waals surface area (Å²) in [6.07, 6.45) is 0.174. The Morgan fingerprint density at radius 1 is 0.974 bits per heavy atom. The number of hydrogen-bond donors (Lipinski definition) is 2. The standard InChI is InChI=1S/C27H29F3N4O3S/c28-27(29,30)20-3-10-25(33-14-20)34-21-4-8-23(9-5-21)38(35,36)22-6-1-18(2-7-22)19-11-12-32-24(13-19)26(15-31)16-37-17-26/h1-3,6-7,10-14,21,23H,4-5,8-9,15-17,31H2,(H,33,34)/t21-,23-. The van der Waals surface area contributed by atoms with Crippen molar-refractivity contribution in [2.45, 2.75) is 53.5 Å². The number of anilines is 1. The van der Waals surface area contributed by atoms with E-state index >= 15 is 0 Å². The Hall–Kier alpha value is -3.02. The maximum absolute atomic E-state index is 13.3. The first-order valence-corrected chi connectivity index (χ1v) is 14.0. The molecule has 0 spiro atoms. The van der Waals surface area contributed by atoms with Crippen LogP contribution in [0, 0.1) is 0 Å². The van der Waals surface area contributed by atoms with E-state index in [9.17, 15) is 21.6 Å². The SMILES string of the molecule is NCC1(c2cc(-c3ccc(S(=O)(=O)[C@H]4CC[C@H](Nc5ccc(C(F)(F)F)cn5)CC4)cc3)ccn2)COC1. The Morgan fingerprint density at radius 3 is 2.24 bits per heavy atom. The molecular weight excluding hydrogens is 517 g/mol. The number of rotatable bonds is 7. The average molecular weight is 547 g/mol. The lowest BCUT2D eigenvalue weighted by atomic mass is 9.81. The zero-order valence-corrected chi connectivity index (χ0v) is 21.4. The molecule has 11 heteroatoms. The number of halogens is 3. The van der Waals surface area contributed by atoms with E-state index < -0.39 is 26.8 Å². The summed E-state index contributed by atoms with van der Waals surface area (Å²) >= 11 is 0. The molecule has 2 fully saturated rings. The minimum atomic E-state index is -4.43. The zero-order chi connectivity index (χ0) is 27.0. The normalized spacial score (nSPS) is 21.5. The highest BCUT2D eigenvalue weighted by molar-refractivity contribution is 7.92. The van der Waals surface area contributed by atoms with E-state index in [-0.39, 0.29) is 16.4 Å². The average Bonchev–Trinajstić information content (AvgIpc) is 2.89. The lowest BCUT2D eigenvalue weighted by Gasteiger charge is -2.40. The van der Waals surface area contributed by atoms with Gasteiger partial charge in [-0.3, -0.25) is 4.98 Å². The van der Waals surface area contributed by atoms with E-state index in [2.05, 4.69) is 15.3 Å². The first kappa shape index (κ1) is 26.6. The molecule has 0 amide bonds. The predicted octanol–water partition coefficient (Wildman–Crippen LogP) is 4.59. The molecule has 2 aromatic heterocycles. The summed E-state index contributed by atoms with van der Waals surface area (Å²) in [7, 11) is -3.52. The molecule has 1 saturated heterocycles. The van der Waals surface area contributed by atoms with Gasteiger partial charge in [-0.05, 0) is 73.2 Å². The van der Waals surface area contributed by atoms with Crippen molar-refractivity contribution >= 4 is 15.7 Å². The number of aromatic nitrogens is 2. The molecule has 1 saturated carbocycles. The first-order valence-electron chi connectivity index (χ1n) is 12.5. The summed E-state index contributed by atoms with van der Waals surface area (Å²) in [6.45, 7) is 1.52. The number of sulfone groups is 1. The van der Waals surface area contributed by atoms with Gasteiger partial charge in [-0.1, -0.05) is 12.1 Å². The van der Waals surface area contributed by atoms with Crippen LogP contribution in [0.15, 0.2) is 65.8 Å². The van der Waals surface area contributed by atoms with Crippen LogP contribution in [0.25, 0.3) is 11.1 Å². The summed E-state index contributed by atoms with van der Waals surface area (Å²) in [4.78, 5) is 8.62. The van der Waals surface area contributed by atoms with Gasteiger partial charge in [0.2, 0.25) is 0 Å². The highest BCUT2D eigenvalue weighted by Gasteiger charge is 2.40. The van der Waals surface area contributed by atoms with Gasteiger partial charge >= 0.3 is 6.18 Å². The van der Waals surface area contributed by atoms with Crippen molar-refractivity contribution in [3.8, 4) is 11.1 Å². The van der Waals surface area contributed by atoms with E-state index in [0.717, 1.165) is 29.1 Å². The molecule has 2 aliphatic rings. The third-order valence-corrected chi connectivity index (χ3v) is 9.80. The van der Waals surface area contributed by atoms with Crippen LogP contribution in [0.5, 0.6) is 0 Å². The van der Waals surface area contributed by atoms with E-state index in [4.69, 9.17) is 10.5 Å². The van der Waals surface area contributed by atoms with Gasteiger partial charge in [0.15, 0.2) is 9.84 Å². The second-order valence-corrected chi connectivity index (χ2v) is 12.3. The number of hydrogen-bond acceptors (Lipinski definition) is 7. The summed E-state index contributed by atoms with van der Waals surface area (Å²) in [6, 6.07) is 13.0. The van der Waals surface area contributed by atoms with Gasteiger partial charge in [0.25, 0.3) is 0 Å². The van der Waals surface area contributed by atoms with Gasteiger partial charge in [0.05, 0.1) is 40.0 Å². The summed E-state index contributed by atoms with van der Waals surface area (Å²) in [5.41, 5.74) is 7.58. The minimum Gasteiger partial charge on any atom is -0.379 e. The second kappa shape index (κ2) is 10.3. The van der Waals surface area contributed by atoms with E-state index in [1.54, 1.807) is 18.3 Å². The lowest BCUT2D eigenvalue weighted by molar-refractivity contribution is -0.137. The molecule has 202 valence electrons. The van der Waals surface area contributed by atoms with Gasteiger partial charge in [0, 0.05) is 25.0 Å². The highest BCUT2D eigenvalue weighted by atomic mass is 32.2. The van der Waals surface area contributed by atoms with Crippen LogP contribution >= 0.6 is 0 Å². The molecule has 5 rings (SSSR count). The molecule has 3 heterocycles. The number of benzene rings is 1. The molecule has 1 aliphatic carbocycles. The molecule has 0 unspecified atom stereocenters. The number of nitrogens with zero attached hydrogens (tertiary/aromatic N) is 2. The lowest BCUT2D eigenvalue weighted by Crippen LogP contribution is -2.52. The fourth-order valence-corrected chi connectivity index (χ4v) is 6.82. The maximum Gasteiger partial charge on any atom is 0.417 e. The van der Waals surface area contributed by atoms with Gasteiger partial charge < -0.3 is 15.8 Å². The number of ether oxygens (including phenoxy) is 1. The van der Waals surface area contributed by atoms with Crippen molar-refractivity contribution in [1.29, 1.82) is 0 Å². The maximum atomic E-state index is 13.3. The molecule has 0 radical (unpaired) electrons.